The van der Waals surface area contributed by atoms with Crippen molar-refractivity contribution >= 4 is 5.97 Å². The Hall–Kier alpha value is -0.570. The molecular formula is C13H23NO2. The minimum atomic E-state index is -0.683. The average molecular weight is 225 g/mol. The van der Waals surface area contributed by atoms with E-state index in [0.717, 1.165) is 6.42 Å². The van der Waals surface area contributed by atoms with E-state index in [1.165, 1.54) is 19.3 Å². The van der Waals surface area contributed by atoms with Gasteiger partial charge in [0, 0.05) is 0 Å². The Bertz CT molecular complexity index is 304. The monoisotopic (exact) mass is 225 g/mol. The Morgan fingerprint density at radius 3 is 2.75 bits per heavy atom. The van der Waals surface area contributed by atoms with Crippen molar-refractivity contribution in [2.45, 2.75) is 46.0 Å². The Balaban J connectivity index is 2.28. The van der Waals surface area contributed by atoms with Crippen molar-refractivity contribution in [2.75, 3.05) is 6.54 Å². The van der Waals surface area contributed by atoms with Gasteiger partial charge in [-0.2, -0.15) is 0 Å². The van der Waals surface area contributed by atoms with Crippen LogP contribution in [0.25, 0.3) is 0 Å². The minimum absolute atomic E-state index is 0.105. The molecule has 3 nitrogen and oxygen atoms in total. The number of hydrogen-bond acceptors (Lipinski definition) is 2. The van der Waals surface area contributed by atoms with E-state index in [9.17, 15) is 4.79 Å². The van der Waals surface area contributed by atoms with Crippen LogP contribution in [-0.4, -0.2) is 17.6 Å². The number of aliphatic carboxylic acids is 1. The van der Waals surface area contributed by atoms with Gasteiger partial charge in [0.25, 0.3) is 0 Å². The van der Waals surface area contributed by atoms with Crippen LogP contribution in [0.4, 0.5) is 0 Å². The summed E-state index contributed by atoms with van der Waals surface area (Å²) in [6, 6.07) is 0. The van der Waals surface area contributed by atoms with Crippen LogP contribution < -0.4 is 5.73 Å². The smallest absolute Gasteiger partial charge is 0.303 e. The minimum Gasteiger partial charge on any atom is -0.481 e. The highest BCUT2D eigenvalue weighted by Gasteiger charge is 2.68. The third-order valence-electron chi connectivity index (χ3n) is 5.46. The average Bonchev–Trinajstić information content (AvgIpc) is 2.55. The summed E-state index contributed by atoms with van der Waals surface area (Å²) in [5.41, 5.74) is 6.21. The molecule has 92 valence electrons. The Morgan fingerprint density at radius 2 is 2.25 bits per heavy atom. The predicted molar refractivity (Wildman–Crippen MR) is 63.0 cm³/mol. The standard InChI is InChI=1S/C13H23NO2/c1-3-9-12(2)6-4-5-10(12)13(9,8-14)7-11(15)16/h9-10H,3-8,14H2,1-2H3,(H,15,16)/t9?,10?,12-,13-/m0/s1. The summed E-state index contributed by atoms with van der Waals surface area (Å²) >= 11 is 0. The molecule has 0 aliphatic heterocycles. The fourth-order valence-corrected chi connectivity index (χ4v) is 5.11. The van der Waals surface area contributed by atoms with Crippen molar-refractivity contribution in [2.24, 2.45) is 28.4 Å². The molecule has 2 rings (SSSR count). The van der Waals surface area contributed by atoms with E-state index in [0.29, 0.717) is 23.8 Å². The normalized spacial score (nSPS) is 46.2. The zero-order valence-corrected chi connectivity index (χ0v) is 10.3. The maximum Gasteiger partial charge on any atom is 0.303 e. The molecule has 16 heavy (non-hydrogen) atoms. The molecule has 0 amide bonds. The van der Waals surface area contributed by atoms with Gasteiger partial charge in [-0.25, -0.2) is 0 Å². The molecular weight excluding hydrogens is 202 g/mol. The van der Waals surface area contributed by atoms with Crippen molar-refractivity contribution in [3.8, 4) is 0 Å². The largest absolute Gasteiger partial charge is 0.481 e. The van der Waals surface area contributed by atoms with Crippen LogP contribution in [0, 0.1) is 22.7 Å². The summed E-state index contributed by atoms with van der Waals surface area (Å²) in [6.07, 6.45) is 5.02. The number of carbonyl (C=O) groups is 1. The van der Waals surface area contributed by atoms with Crippen LogP contribution in [0.15, 0.2) is 0 Å². The molecule has 3 N–H and O–H groups in total. The maximum absolute atomic E-state index is 11.1. The second-order valence-corrected chi connectivity index (χ2v) is 5.92. The van der Waals surface area contributed by atoms with Crippen molar-refractivity contribution in [1.29, 1.82) is 0 Å². The van der Waals surface area contributed by atoms with Gasteiger partial charge in [0.1, 0.15) is 0 Å². The van der Waals surface area contributed by atoms with Gasteiger partial charge in [-0.05, 0) is 42.1 Å². The molecule has 0 radical (unpaired) electrons. The summed E-state index contributed by atoms with van der Waals surface area (Å²) < 4.78 is 0. The zero-order chi connectivity index (χ0) is 12.0. The predicted octanol–water partition coefficient (Wildman–Crippen LogP) is 2.25. The second kappa shape index (κ2) is 3.73. The molecule has 0 spiro atoms. The van der Waals surface area contributed by atoms with Crippen LogP contribution in [0.3, 0.4) is 0 Å². The SMILES string of the molecule is CCC1[C@]2(C)CCCC2[C@]1(CN)CC(=O)O. The van der Waals surface area contributed by atoms with Crippen molar-refractivity contribution in [3.63, 3.8) is 0 Å². The van der Waals surface area contributed by atoms with E-state index in [-0.39, 0.29) is 11.8 Å². The molecule has 0 aromatic carbocycles. The fourth-order valence-electron chi connectivity index (χ4n) is 5.11. The molecule has 0 aromatic heterocycles. The fraction of sp³-hybridized carbons (Fsp3) is 0.923. The molecule has 2 aliphatic rings. The number of carboxylic acid groups (broad SMARTS) is 1. The van der Waals surface area contributed by atoms with Crippen LogP contribution in [0.2, 0.25) is 0 Å². The molecule has 0 heterocycles. The quantitative estimate of drug-likeness (QED) is 0.771. The number of rotatable bonds is 4. The summed E-state index contributed by atoms with van der Waals surface area (Å²) in [4.78, 5) is 11.1. The van der Waals surface area contributed by atoms with Gasteiger partial charge in [0.15, 0.2) is 0 Å². The van der Waals surface area contributed by atoms with Gasteiger partial charge in [-0.3, -0.25) is 4.79 Å². The van der Waals surface area contributed by atoms with E-state index in [1.54, 1.807) is 0 Å². The van der Waals surface area contributed by atoms with Crippen LogP contribution in [0.5, 0.6) is 0 Å². The lowest BCUT2D eigenvalue weighted by Gasteiger charge is -2.65. The summed E-state index contributed by atoms with van der Waals surface area (Å²) in [6.45, 7) is 5.06. The zero-order valence-electron chi connectivity index (χ0n) is 10.3. The molecule has 2 saturated carbocycles. The van der Waals surface area contributed by atoms with E-state index in [2.05, 4.69) is 13.8 Å². The first kappa shape index (κ1) is 11.9. The van der Waals surface area contributed by atoms with Crippen molar-refractivity contribution in [1.82, 2.24) is 0 Å². The van der Waals surface area contributed by atoms with Gasteiger partial charge in [-0.1, -0.05) is 26.7 Å². The van der Waals surface area contributed by atoms with E-state index >= 15 is 0 Å². The Morgan fingerprint density at radius 1 is 1.56 bits per heavy atom. The van der Waals surface area contributed by atoms with E-state index < -0.39 is 5.97 Å². The van der Waals surface area contributed by atoms with Gasteiger partial charge in [0.05, 0.1) is 6.42 Å². The highest BCUT2D eigenvalue weighted by atomic mass is 16.4. The molecule has 4 atom stereocenters. The van der Waals surface area contributed by atoms with Gasteiger partial charge in [0.2, 0.25) is 0 Å². The van der Waals surface area contributed by atoms with Gasteiger partial charge >= 0.3 is 5.97 Å². The Kier molecular flexibility index (Phi) is 2.77. The molecule has 0 aromatic rings. The topological polar surface area (TPSA) is 63.3 Å². The summed E-state index contributed by atoms with van der Waals surface area (Å²) in [7, 11) is 0. The number of fused-ring (bicyclic) bond motifs is 1. The number of carboxylic acids is 1. The van der Waals surface area contributed by atoms with E-state index in [1.807, 2.05) is 0 Å². The van der Waals surface area contributed by atoms with E-state index in [4.69, 9.17) is 10.8 Å². The van der Waals surface area contributed by atoms with Crippen molar-refractivity contribution < 1.29 is 9.90 Å². The molecule has 2 unspecified atom stereocenters. The first-order chi connectivity index (χ1) is 7.51. The third kappa shape index (κ3) is 1.27. The lowest BCUT2D eigenvalue weighted by molar-refractivity contribution is -0.186. The lowest BCUT2D eigenvalue weighted by atomic mass is 9.39. The second-order valence-electron chi connectivity index (χ2n) is 5.92. The first-order valence-electron chi connectivity index (χ1n) is 6.43. The first-order valence-corrected chi connectivity index (χ1v) is 6.43. The lowest BCUT2D eigenvalue weighted by Crippen LogP contribution is -2.64. The molecule has 2 aliphatic carbocycles. The molecule has 0 bridgehead atoms. The summed E-state index contributed by atoms with van der Waals surface area (Å²) in [5, 5.41) is 9.11. The molecule has 2 fully saturated rings. The Labute approximate surface area is 97.4 Å². The third-order valence-corrected chi connectivity index (χ3v) is 5.46. The van der Waals surface area contributed by atoms with Gasteiger partial charge < -0.3 is 10.8 Å². The highest BCUT2D eigenvalue weighted by Crippen LogP contribution is 2.72. The van der Waals surface area contributed by atoms with Crippen LogP contribution >= 0.6 is 0 Å². The summed E-state index contributed by atoms with van der Waals surface area (Å²) in [5.74, 6) is 0.373. The number of hydrogen-bond donors (Lipinski definition) is 2. The number of nitrogens with two attached hydrogens (primary N) is 1. The highest BCUT2D eigenvalue weighted by molar-refractivity contribution is 5.68. The van der Waals surface area contributed by atoms with Crippen LogP contribution in [0.1, 0.15) is 46.0 Å². The molecule has 3 heteroatoms. The maximum atomic E-state index is 11.1. The van der Waals surface area contributed by atoms with Gasteiger partial charge in [-0.15, -0.1) is 0 Å². The van der Waals surface area contributed by atoms with Crippen LogP contribution in [-0.2, 0) is 4.79 Å². The van der Waals surface area contributed by atoms with Crippen molar-refractivity contribution in [3.05, 3.63) is 0 Å². The molecule has 0 saturated heterocycles.